The van der Waals surface area contributed by atoms with Crippen molar-refractivity contribution in [1.29, 1.82) is 0 Å². The zero-order valence-corrected chi connectivity index (χ0v) is 22.1. The molecule has 5 rings (SSSR count). The van der Waals surface area contributed by atoms with Crippen molar-refractivity contribution in [3.63, 3.8) is 0 Å². The Balaban J connectivity index is 1.42. The number of aryl methyl sites for hydroxylation is 1. The number of carbonyl (C=O) groups excluding carboxylic acids is 1. The molecule has 2 aliphatic rings. The van der Waals surface area contributed by atoms with Crippen LogP contribution in [-0.4, -0.2) is 60.5 Å². The molecule has 1 saturated heterocycles. The highest BCUT2D eigenvalue weighted by Gasteiger charge is 2.46. The molecular formula is C31H38N2O4. The predicted octanol–water partition coefficient (Wildman–Crippen LogP) is 5.02. The summed E-state index contributed by atoms with van der Waals surface area (Å²) in [7, 11) is 1.68. The average molecular weight is 503 g/mol. The predicted molar refractivity (Wildman–Crippen MR) is 146 cm³/mol. The lowest BCUT2D eigenvalue weighted by molar-refractivity contribution is -0.106. The minimum atomic E-state index is -0.925. The van der Waals surface area contributed by atoms with Gasteiger partial charge in [-0.05, 0) is 80.1 Å². The quantitative estimate of drug-likeness (QED) is 0.461. The van der Waals surface area contributed by atoms with Crippen molar-refractivity contribution >= 4 is 16.7 Å². The number of ether oxygens (including phenoxy) is 2. The van der Waals surface area contributed by atoms with E-state index in [1.807, 2.05) is 31.2 Å². The average Bonchev–Trinajstić information content (AvgIpc) is 2.91. The second-order valence-corrected chi connectivity index (χ2v) is 10.7. The Morgan fingerprint density at radius 2 is 1.89 bits per heavy atom. The van der Waals surface area contributed by atoms with Gasteiger partial charge in [-0.1, -0.05) is 42.0 Å². The van der Waals surface area contributed by atoms with Gasteiger partial charge < -0.3 is 19.9 Å². The number of hydrogen-bond donors (Lipinski definition) is 2. The molecule has 196 valence electrons. The minimum absolute atomic E-state index is 0.157. The number of esters is 1. The third-order valence-corrected chi connectivity index (χ3v) is 8.14. The SMILES string of the molecule is COc1ccc2c(C(N3CCNCC3C)C3(O)CCC(OC(=O)c4cccc(C)c4)CC3)cccc2c1. The van der Waals surface area contributed by atoms with Crippen molar-refractivity contribution in [2.45, 2.75) is 63.3 Å². The summed E-state index contributed by atoms with van der Waals surface area (Å²) >= 11 is 0. The summed E-state index contributed by atoms with van der Waals surface area (Å²) < 4.78 is 11.4. The number of carbonyl (C=O) groups is 1. The first-order valence-corrected chi connectivity index (χ1v) is 13.4. The van der Waals surface area contributed by atoms with E-state index in [-0.39, 0.29) is 24.2 Å². The summed E-state index contributed by atoms with van der Waals surface area (Å²) in [4.78, 5) is 15.2. The topological polar surface area (TPSA) is 71.0 Å². The van der Waals surface area contributed by atoms with Crippen LogP contribution in [0.2, 0.25) is 0 Å². The number of benzene rings is 3. The van der Waals surface area contributed by atoms with Gasteiger partial charge in [-0.3, -0.25) is 4.90 Å². The Morgan fingerprint density at radius 1 is 1.11 bits per heavy atom. The molecule has 0 spiro atoms. The highest BCUT2D eigenvalue weighted by atomic mass is 16.5. The number of nitrogens with one attached hydrogen (secondary N) is 1. The van der Waals surface area contributed by atoms with Crippen molar-refractivity contribution < 1.29 is 19.4 Å². The summed E-state index contributed by atoms with van der Waals surface area (Å²) in [5, 5.41) is 18.0. The highest BCUT2D eigenvalue weighted by Crippen LogP contribution is 2.45. The fourth-order valence-corrected chi connectivity index (χ4v) is 6.14. The molecule has 0 amide bonds. The van der Waals surface area contributed by atoms with Crippen LogP contribution in [0.5, 0.6) is 5.75 Å². The first kappa shape index (κ1) is 25.7. The van der Waals surface area contributed by atoms with Gasteiger partial charge in [-0.2, -0.15) is 0 Å². The smallest absolute Gasteiger partial charge is 0.338 e. The number of piperazine rings is 1. The van der Waals surface area contributed by atoms with Gasteiger partial charge in [0.2, 0.25) is 0 Å². The number of fused-ring (bicyclic) bond motifs is 1. The molecule has 2 atom stereocenters. The summed E-state index contributed by atoms with van der Waals surface area (Å²) in [6, 6.07) is 20.1. The molecule has 2 fully saturated rings. The van der Waals surface area contributed by atoms with Gasteiger partial charge in [0, 0.05) is 25.7 Å². The van der Waals surface area contributed by atoms with Gasteiger partial charge >= 0.3 is 5.97 Å². The molecule has 6 nitrogen and oxygen atoms in total. The van der Waals surface area contributed by atoms with Crippen molar-refractivity contribution in [3.8, 4) is 5.75 Å². The van der Waals surface area contributed by atoms with Crippen molar-refractivity contribution in [2.24, 2.45) is 0 Å². The van der Waals surface area contributed by atoms with E-state index in [1.165, 1.54) is 0 Å². The highest BCUT2D eigenvalue weighted by molar-refractivity contribution is 5.89. The van der Waals surface area contributed by atoms with E-state index < -0.39 is 5.60 Å². The van der Waals surface area contributed by atoms with Crippen LogP contribution in [-0.2, 0) is 4.74 Å². The molecule has 2 N–H and O–H groups in total. The third kappa shape index (κ3) is 5.37. The molecule has 0 aromatic heterocycles. The number of rotatable bonds is 6. The number of aliphatic hydroxyl groups is 1. The molecule has 2 unspecified atom stereocenters. The molecule has 0 bridgehead atoms. The maximum absolute atomic E-state index is 12.8. The van der Waals surface area contributed by atoms with Gasteiger partial charge in [0.25, 0.3) is 0 Å². The molecule has 3 aromatic carbocycles. The number of hydrogen-bond acceptors (Lipinski definition) is 6. The molecule has 1 aliphatic carbocycles. The van der Waals surface area contributed by atoms with E-state index in [1.54, 1.807) is 13.2 Å². The zero-order valence-electron chi connectivity index (χ0n) is 22.1. The Labute approximate surface area is 219 Å². The molecular weight excluding hydrogens is 464 g/mol. The molecule has 1 saturated carbocycles. The van der Waals surface area contributed by atoms with E-state index in [0.29, 0.717) is 31.2 Å². The van der Waals surface area contributed by atoms with Crippen LogP contribution >= 0.6 is 0 Å². The molecule has 1 heterocycles. The largest absolute Gasteiger partial charge is 0.497 e. The zero-order chi connectivity index (χ0) is 26.0. The van der Waals surface area contributed by atoms with Crippen LogP contribution in [0.15, 0.2) is 60.7 Å². The fourth-order valence-electron chi connectivity index (χ4n) is 6.14. The lowest BCUT2D eigenvalue weighted by atomic mass is 9.74. The Morgan fingerprint density at radius 3 is 2.62 bits per heavy atom. The van der Waals surface area contributed by atoms with Crippen LogP contribution in [0.25, 0.3) is 10.8 Å². The normalized spacial score (nSPS) is 25.5. The van der Waals surface area contributed by atoms with Gasteiger partial charge in [0.05, 0.1) is 24.3 Å². The van der Waals surface area contributed by atoms with E-state index in [0.717, 1.165) is 47.3 Å². The van der Waals surface area contributed by atoms with Crippen molar-refractivity contribution in [3.05, 3.63) is 77.4 Å². The van der Waals surface area contributed by atoms with Crippen LogP contribution < -0.4 is 10.1 Å². The molecule has 6 heteroatoms. The van der Waals surface area contributed by atoms with Crippen LogP contribution in [0.1, 0.15) is 60.1 Å². The third-order valence-electron chi connectivity index (χ3n) is 8.14. The maximum Gasteiger partial charge on any atom is 0.338 e. The summed E-state index contributed by atoms with van der Waals surface area (Å²) in [5.74, 6) is 0.542. The van der Waals surface area contributed by atoms with Crippen LogP contribution in [0.4, 0.5) is 0 Å². The van der Waals surface area contributed by atoms with E-state index in [9.17, 15) is 9.90 Å². The fraction of sp³-hybridized carbons (Fsp3) is 0.452. The molecule has 37 heavy (non-hydrogen) atoms. The summed E-state index contributed by atoms with van der Waals surface area (Å²) in [5.41, 5.74) is 1.84. The van der Waals surface area contributed by atoms with Crippen LogP contribution in [0.3, 0.4) is 0 Å². The van der Waals surface area contributed by atoms with Gasteiger partial charge in [-0.15, -0.1) is 0 Å². The number of methoxy groups -OCH3 is 1. The Hall–Kier alpha value is -2.93. The van der Waals surface area contributed by atoms with Crippen molar-refractivity contribution in [1.82, 2.24) is 10.2 Å². The summed E-state index contributed by atoms with van der Waals surface area (Å²) in [6.07, 6.45) is 2.25. The minimum Gasteiger partial charge on any atom is -0.497 e. The first-order chi connectivity index (χ1) is 17.9. The van der Waals surface area contributed by atoms with Crippen LogP contribution in [0, 0.1) is 6.92 Å². The van der Waals surface area contributed by atoms with E-state index in [4.69, 9.17) is 9.47 Å². The van der Waals surface area contributed by atoms with Gasteiger partial charge in [-0.25, -0.2) is 4.79 Å². The number of nitrogens with zero attached hydrogens (tertiary/aromatic N) is 1. The summed E-state index contributed by atoms with van der Waals surface area (Å²) in [6.45, 7) is 6.85. The van der Waals surface area contributed by atoms with E-state index in [2.05, 4.69) is 47.5 Å². The molecule has 0 radical (unpaired) electrons. The molecule has 3 aromatic rings. The van der Waals surface area contributed by atoms with Gasteiger partial charge in [0.1, 0.15) is 11.9 Å². The molecule has 1 aliphatic heterocycles. The Bertz CT molecular complexity index is 1250. The second-order valence-electron chi connectivity index (χ2n) is 10.7. The Kier molecular flexibility index (Phi) is 7.52. The van der Waals surface area contributed by atoms with Crippen molar-refractivity contribution in [2.75, 3.05) is 26.7 Å². The van der Waals surface area contributed by atoms with E-state index >= 15 is 0 Å². The second kappa shape index (κ2) is 10.8. The first-order valence-electron chi connectivity index (χ1n) is 13.4. The monoisotopic (exact) mass is 502 g/mol. The van der Waals surface area contributed by atoms with Gasteiger partial charge in [0.15, 0.2) is 0 Å². The lowest BCUT2D eigenvalue weighted by Crippen LogP contribution is -2.57. The maximum atomic E-state index is 12.8. The standard InChI is InChI=1S/C31H38N2O4/c1-21-6-4-8-24(18-21)30(34)37-25-12-14-31(35,15-13-25)29(33-17-16-32-20-22(33)2)28-9-5-7-23-19-26(36-3)10-11-27(23)28/h4-11,18-19,22,25,29,32,35H,12-17,20H2,1-3H3. The lowest BCUT2D eigenvalue weighted by Gasteiger charge is -2.50.